The SMILES string of the molecule is O=C(Nc1ccc(F)c(F)c1F)c1csc(-c2ccco2)n1. The second kappa shape index (κ2) is 5.64. The van der Waals surface area contributed by atoms with Gasteiger partial charge >= 0.3 is 0 Å². The molecule has 2 aromatic heterocycles. The Morgan fingerprint density at radius 2 is 2.00 bits per heavy atom. The lowest BCUT2D eigenvalue weighted by Crippen LogP contribution is -2.14. The minimum absolute atomic E-state index is 0.0144. The van der Waals surface area contributed by atoms with Crippen molar-refractivity contribution in [2.45, 2.75) is 0 Å². The van der Waals surface area contributed by atoms with E-state index in [4.69, 9.17) is 4.42 Å². The topological polar surface area (TPSA) is 55.1 Å². The van der Waals surface area contributed by atoms with Crippen LogP contribution in [0, 0.1) is 17.5 Å². The lowest BCUT2D eigenvalue weighted by molar-refractivity contribution is 0.102. The molecule has 0 fully saturated rings. The third-order valence-corrected chi connectivity index (χ3v) is 3.61. The van der Waals surface area contributed by atoms with Crippen LogP contribution in [0.5, 0.6) is 0 Å². The van der Waals surface area contributed by atoms with Crippen LogP contribution in [0.1, 0.15) is 10.5 Å². The van der Waals surface area contributed by atoms with Gasteiger partial charge in [0.1, 0.15) is 5.69 Å². The van der Waals surface area contributed by atoms with Crippen molar-refractivity contribution in [3.63, 3.8) is 0 Å². The summed E-state index contributed by atoms with van der Waals surface area (Å²) >= 11 is 1.16. The number of hydrogen-bond donors (Lipinski definition) is 1. The zero-order valence-electron chi connectivity index (χ0n) is 10.8. The first-order valence-electron chi connectivity index (χ1n) is 6.00. The van der Waals surface area contributed by atoms with Gasteiger partial charge < -0.3 is 9.73 Å². The summed E-state index contributed by atoms with van der Waals surface area (Å²) in [7, 11) is 0. The van der Waals surface area contributed by atoms with Crippen LogP contribution in [0.3, 0.4) is 0 Å². The Bertz CT molecular complexity index is 831. The molecule has 3 rings (SSSR count). The molecule has 1 amide bonds. The van der Waals surface area contributed by atoms with E-state index < -0.39 is 29.0 Å². The van der Waals surface area contributed by atoms with Gasteiger partial charge in [-0.05, 0) is 24.3 Å². The van der Waals surface area contributed by atoms with Crippen molar-refractivity contribution < 1.29 is 22.4 Å². The van der Waals surface area contributed by atoms with E-state index in [2.05, 4.69) is 10.3 Å². The highest BCUT2D eigenvalue weighted by Gasteiger charge is 2.18. The third kappa shape index (κ3) is 2.60. The molecule has 0 spiro atoms. The van der Waals surface area contributed by atoms with E-state index in [1.54, 1.807) is 12.1 Å². The van der Waals surface area contributed by atoms with E-state index in [9.17, 15) is 18.0 Å². The molecule has 0 saturated heterocycles. The summed E-state index contributed by atoms with van der Waals surface area (Å²) in [6, 6.07) is 5.01. The maximum atomic E-state index is 13.5. The van der Waals surface area contributed by atoms with E-state index in [0.29, 0.717) is 10.8 Å². The summed E-state index contributed by atoms with van der Waals surface area (Å²) in [5.41, 5.74) is -0.447. The number of carbonyl (C=O) groups is 1. The number of rotatable bonds is 3. The standard InChI is InChI=1S/C14H7F3N2O2S/c15-7-3-4-8(12(17)11(7)16)18-13(20)9-6-22-14(19-9)10-2-1-5-21-10/h1-6H,(H,18,20). The fourth-order valence-corrected chi connectivity index (χ4v) is 2.47. The largest absolute Gasteiger partial charge is 0.462 e. The van der Waals surface area contributed by atoms with Gasteiger partial charge in [0.25, 0.3) is 5.91 Å². The number of hydrogen-bond acceptors (Lipinski definition) is 4. The molecule has 0 aliphatic heterocycles. The molecule has 0 unspecified atom stereocenters. The van der Waals surface area contributed by atoms with Crippen LogP contribution in [-0.2, 0) is 0 Å². The van der Waals surface area contributed by atoms with Gasteiger partial charge in [-0.1, -0.05) is 0 Å². The average molecular weight is 324 g/mol. The van der Waals surface area contributed by atoms with E-state index in [0.717, 1.165) is 23.5 Å². The van der Waals surface area contributed by atoms with Gasteiger partial charge in [-0.3, -0.25) is 4.79 Å². The molecule has 0 aliphatic carbocycles. The molecule has 0 aliphatic rings. The summed E-state index contributed by atoms with van der Waals surface area (Å²) in [6.07, 6.45) is 1.47. The maximum absolute atomic E-state index is 13.5. The molecule has 0 atom stereocenters. The molecule has 0 radical (unpaired) electrons. The van der Waals surface area contributed by atoms with Crippen molar-refractivity contribution in [3.8, 4) is 10.8 Å². The normalized spacial score (nSPS) is 10.7. The Morgan fingerprint density at radius 1 is 1.18 bits per heavy atom. The van der Waals surface area contributed by atoms with E-state index in [1.807, 2.05) is 0 Å². The van der Waals surface area contributed by atoms with Crippen molar-refractivity contribution in [3.05, 3.63) is 59.1 Å². The van der Waals surface area contributed by atoms with Gasteiger partial charge in [-0.15, -0.1) is 11.3 Å². The minimum Gasteiger partial charge on any atom is -0.462 e. The zero-order valence-corrected chi connectivity index (χ0v) is 11.6. The fourth-order valence-electron chi connectivity index (χ4n) is 1.70. The molecule has 2 heterocycles. The van der Waals surface area contributed by atoms with Gasteiger partial charge in [0.15, 0.2) is 28.2 Å². The van der Waals surface area contributed by atoms with Crippen LogP contribution in [0.15, 0.2) is 40.3 Å². The van der Waals surface area contributed by atoms with Crippen LogP contribution in [-0.4, -0.2) is 10.9 Å². The van der Waals surface area contributed by atoms with Crippen LogP contribution in [0.25, 0.3) is 10.8 Å². The molecule has 0 saturated carbocycles. The Kier molecular flexibility index (Phi) is 3.68. The number of furan rings is 1. The summed E-state index contributed by atoms with van der Waals surface area (Å²) in [5.74, 6) is -4.69. The van der Waals surface area contributed by atoms with Crippen LogP contribution in [0.4, 0.5) is 18.9 Å². The molecule has 112 valence electrons. The van der Waals surface area contributed by atoms with Crippen LogP contribution < -0.4 is 5.32 Å². The van der Waals surface area contributed by atoms with Crippen molar-refractivity contribution in [2.75, 3.05) is 5.32 Å². The second-order valence-corrected chi connectivity index (χ2v) is 5.05. The summed E-state index contributed by atoms with van der Waals surface area (Å²) in [6.45, 7) is 0. The first-order valence-corrected chi connectivity index (χ1v) is 6.88. The highest BCUT2D eigenvalue weighted by atomic mass is 32.1. The average Bonchev–Trinajstić information content (AvgIpc) is 3.18. The van der Waals surface area contributed by atoms with Crippen molar-refractivity contribution in [1.29, 1.82) is 0 Å². The lowest BCUT2D eigenvalue weighted by atomic mass is 10.2. The van der Waals surface area contributed by atoms with Gasteiger partial charge in [0.05, 0.1) is 12.0 Å². The lowest BCUT2D eigenvalue weighted by Gasteiger charge is -2.05. The predicted octanol–water partition coefficient (Wildman–Crippen LogP) is 4.07. The molecule has 3 aromatic rings. The van der Waals surface area contributed by atoms with Crippen molar-refractivity contribution in [1.82, 2.24) is 4.98 Å². The summed E-state index contributed by atoms with van der Waals surface area (Å²) < 4.78 is 44.6. The number of nitrogens with zero attached hydrogens (tertiary/aromatic N) is 1. The highest BCUT2D eigenvalue weighted by molar-refractivity contribution is 7.13. The van der Waals surface area contributed by atoms with E-state index in [-0.39, 0.29) is 5.69 Å². The molecular formula is C14H7F3N2O2S. The highest BCUT2D eigenvalue weighted by Crippen LogP contribution is 2.25. The van der Waals surface area contributed by atoms with Crippen molar-refractivity contribution in [2.24, 2.45) is 0 Å². The van der Waals surface area contributed by atoms with Crippen LogP contribution >= 0.6 is 11.3 Å². The number of anilines is 1. The maximum Gasteiger partial charge on any atom is 0.275 e. The Morgan fingerprint density at radius 3 is 2.73 bits per heavy atom. The van der Waals surface area contributed by atoms with E-state index in [1.165, 1.54) is 11.6 Å². The Balaban J connectivity index is 1.82. The summed E-state index contributed by atoms with van der Waals surface area (Å²) in [5, 5.41) is 4.07. The number of carbonyl (C=O) groups excluding carboxylic acids is 1. The molecule has 8 heteroatoms. The third-order valence-electron chi connectivity index (χ3n) is 2.75. The molecule has 22 heavy (non-hydrogen) atoms. The first kappa shape index (κ1) is 14.3. The summed E-state index contributed by atoms with van der Waals surface area (Å²) in [4.78, 5) is 16.0. The fraction of sp³-hybridized carbons (Fsp3) is 0. The second-order valence-electron chi connectivity index (χ2n) is 4.19. The molecule has 1 N–H and O–H groups in total. The van der Waals surface area contributed by atoms with Gasteiger partial charge in [-0.2, -0.15) is 0 Å². The molecule has 0 bridgehead atoms. The van der Waals surface area contributed by atoms with Crippen LogP contribution in [0.2, 0.25) is 0 Å². The Labute approximate surface area is 126 Å². The zero-order chi connectivity index (χ0) is 15.7. The number of aromatic nitrogens is 1. The Hall–Kier alpha value is -2.61. The smallest absolute Gasteiger partial charge is 0.275 e. The minimum atomic E-state index is -1.65. The molecule has 1 aromatic carbocycles. The monoisotopic (exact) mass is 324 g/mol. The number of halogens is 3. The molecule has 4 nitrogen and oxygen atoms in total. The predicted molar refractivity (Wildman–Crippen MR) is 74.1 cm³/mol. The number of amides is 1. The van der Waals surface area contributed by atoms with E-state index >= 15 is 0 Å². The molecular weight excluding hydrogens is 317 g/mol. The number of thiazole rings is 1. The van der Waals surface area contributed by atoms with Gasteiger partial charge in [0, 0.05) is 5.38 Å². The van der Waals surface area contributed by atoms with Crippen molar-refractivity contribution >= 4 is 22.9 Å². The van der Waals surface area contributed by atoms with Gasteiger partial charge in [0.2, 0.25) is 0 Å². The van der Waals surface area contributed by atoms with Gasteiger partial charge in [-0.25, -0.2) is 18.2 Å². The quantitative estimate of drug-likeness (QED) is 0.739. The first-order chi connectivity index (χ1) is 10.6. The number of nitrogens with one attached hydrogen (secondary N) is 1. The number of benzene rings is 1.